The molecule has 1 fully saturated rings. The van der Waals surface area contributed by atoms with Crippen molar-refractivity contribution in [2.45, 2.75) is 31.0 Å². The van der Waals surface area contributed by atoms with Gasteiger partial charge in [-0.2, -0.15) is 9.97 Å². The van der Waals surface area contributed by atoms with Gasteiger partial charge in [-0.1, -0.05) is 0 Å². The lowest BCUT2D eigenvalue weighted by molar-refractivity contribution is -0.0566. The first kappa shape index (κ1) is 13.9. The topological polar surface area (TPSA) is 145 Å². The molecule has 0 amide bonds. The Balaban J connectivity index is 2.13. The van der Waals surface area contributed by atoms with E-state index in [0.29, 0.717) is 0 Å². The molecule has 0 unspecified atom stereocenters. The van der Waals surface area contributed by atoms with Crippen LogP contribution in [0.1, 0.15) is 13.2 Å². The first-order chi connectivity index (χ1) is 9.86. The van der Waals surface area contributed by atoms with Crippen LogP contribution >= 0.6 is 0 Å². The quantitative estimate of drug-likeness (QED) is 0.550. The van der Waals surface area contributed by atoms with Gasteiger partial charge in [-0.05, 0) is 6.92 Å². The molecule has 3 heterocycles. The zero-order chi connectivity index (χ0) is 15.4. The Morgan fingerprint density at radius 3 is 2.81 bits per heavy atom. The van der Waals surface area contributed by atoms with E-state index in [1.54, 1.807) is 0 Å². The molecule has 3 rings (SSSR count). The summed E-state index contributed by atoms with van der Waals surface area (Å²) >= 11 is 0. The molecule has 114 valence electrons. The molecule has 0 saturated carbocycles. The van der Waals surface area contributed by atoms with Crippen LogP contribution in [0.25, 0.3) is 11.2 Å². The molecular formula is C11H15FN6O3. The van der Waals surface area contributed by atoms with Crippen molar-refractivity contribution in [3.05, 3.63) is 6.33 Å². The van der Waals surface area contributed by atoms with E-state index in [9.17, 15) is 9.50 Å². The lowest BCUT2D eigenvalue weighted by Crippen LogP contribution is -2.40. The third-order valence-corrected chi connectivity index (χ3v) is 3.62. The molecule has 2 aromatic rings. The number of nitrogens with two attached hydrogens (primary N) is 2. The van der Waals surface area contributed by atoms with Gasteiger partial charge in [0, 0.05) is 0 Å². The minimum Gasteiger partial charge on any atom is -0.394 e. The maximum atomic E-state index is 14.8. The van der Waals surface area contributed by atoms with Crippen LogP contribution in [0.3, 0.4) is 0 Å². The Bertz CT molecular complexity index is 690. The number of aliphatic hydroxyl groups is 2. The van der Waals surface area contributed by atoms with E-state index >= 15 is 0 Å². The number of halogens is 1. The van der Waals surface area contributed by atoms with Crippen LogP contribution in [-0.4, -0.2) is 54.2 Å². The Hall–Kier alpha value is -2.04. The summed E-state index contributed by atoms with van der Waals surface area (Å²) in [7, 11) is 0. The highest BCUT2D eigenvalue weighted by Gasteiger charge is 2.55. The van der Waals surface area contributed by atoms with Crippen LogP contribution in [0.2, 0.25) is 0 Å². The molecule has 1 aliphatic rings. The minimum atomic E-state index is -2.14. The molecule has 2 aromatic heterocycles. The summed E-state index contributed by atoms with van der Waals surface area (Å²) in [6.07, 6.45) is -2.46. The highest BCUT2D eigenvalue weighted by Crippen LogP contribution is 2.42. The highest BCUT2D eigenvalue weighted by atomic mass is 19.1. The smallest absolute Gasteiger partial charge is 0.224 e. The number of rotatable bonds is 2. The first-order valence-corrected chi connectivity index (χ1v) is 6.25. The zero-order valence-electron chi connectivity index (χ0n) is 11.1. The average Bonchev–Trinajstić information content (AvgIpc) is 2.91. The second-order valence-electron chi connectivity index (χ2n) is 5.10. The van der Waals surface area contributed by atoms with Gasteiger partial charge in [-0.25, -0.2) is 9.37 Å². The van der Waals surface area contributed by atoms with E-state index in [1.807, 2.05) is 0 Å². The van der Waals surface area contributed by atoms with E-state index in [2.05, 4.69) is 15.0 Å². The fourth-order valence-electron chi connectivity index (χ4n) is 2.49. The van der Waals surface area contributed by atoms with Crippen molar-refractivity contribution in [2.75, 3.05) is 18.1 Å². The predicted octanol–water partition coefficient (Wildman–Crippen LogP) is -1.03. The van der Waals surface area contributed by atoms with Crippen LogP contribution in [-0.2, 0) is 4.74 Å². The Kier molecular flexibility index (Phi) is 2.97. The van der Waals surface area contributed by atoms with Gasteiger partial charge in [-0.15, -0.1) is 0 Å². The van der Waals surface area contributed by atoms with E-state index in [1.165, 1.54) is 17.8 Å². The molecule has 4 atom stereocenters. The summed E-state index contributed by atoms with van der Waals surface area (Å²) in [5.41, 5.74) is 9.52. The van der Waals surface area contributed by atoms with Crippen LogP contribution < -0.4 is 11.5 Å². The normalized spacial score (nSPS) is 32.9. The van der Waals surface area contributed by atoms with Crippen molar-refractivity contribution in [2.24, 2.45) is 0 Å². The summed E-state index contributed by atoms with van der Waals surface area (Å²) < 4.78 is 21.4. The Labute approximate surface area is 118 Å². The second kappa shape index (κ2) is 4.48. The van der Waals surface area contributed by atoms with E-state index in [0.717, 1.165) is 0 Å². The second-order valence-corrected chi connectivity index (χ2v) is 5.10. The SMILES string of the molecule is C[C@]1(F)[C@H](O)[C@@H](CO)O[C@H]1n1cnc2c(N)nc(N)nc21. The maximum absolute atomic E-state index is 14.8. The summed E-state index contributed by atoms with van der Waals surface area (Å²) in [6.45, 7) is 0.667. The number of fused-ring (bicyclic) bond motifs is 1. The standard InChI is InChI=1S/C11H15FN6O3/c1-11(12)6(20)4(2-19)21-9(11)18-3-15-5-7(13)16-10(14)17-8(5)18/h3-4,6,9,19-20H,2H2,1H3,(H4,13,14,16,17)/t4-,6-,9-,11+/m1/s1. The van der Waals surface area contributed by atoms with Crippen LogP contribution in [0, 0.1) is 0 Å². The van der Waals surface area contributed by atoms with E-state index < -0.39 is 30.7 Å². The van der Waals surface area contributed by atoms with Gasteiger partial charge in [0.15, 0.2) is 23.4 Å². The number of alkyl halides is 1. The zero-order valence-corrected chi connectivity index (χ0v) is 11.1. The predicted molar refractivity (Wildman–Crippen MR) is 70.7 cm³/mol. The minimum absolute atomic E-state index is 0.0639. The number of anilines is 2. The van der Waals surface area contributed by atoms with Crippen molar-refractivity contribution in [3.8, 4) is 0 Å². The van der Waals surface area contributed by atoms with Gasteiger partial charge in [-0.3, -0.25) is 4.57 Å². The van der Waals surface area contributed by atoms with Crippen LogP contribution in [0.15, 0.2) is 6.33 Å². The van der Waals surface area contributed by atoms with Crippen molar-refractivity contribution in [1.82, 2.24) is 19.5 Å². The van der Waals surface area contributed by atoms with Gasteiger partial charge >= 0.3 is 0 Å². The summed E-state index contributed by atoms with van der Waals surface area (Å²) in [5, 5.41) is 19.0. The fraction of sp³-hybridized carbons (Fsp3) is 0.545. The third kappa shape index (κ3) is 1.91. The average molecular weight is 298 g/mol. The lowest BCUT2D eigenvalue weighted by atomic mass is 9.98. The van der Waals surface area contributed by atoms with E-state index in [4.69, 9.17) is 21.3 Å². The monoisotopic (exact) mass is 298 g/mol. The van der Waals surface area contributed by atoms with Gasteiger partial charge in [0.2, 0.25) is 5.95 Å². The molecule has 10 heteroatoms. The molecule has 1 aliphatic heterocycles. The number of imidazole rings is 1. The number of nitrogens with zero attached hydrogens (tertiary/aromatic N) is 4. The molecule has 1 saturated heterocycles. The largest absolute Gasteiger partial charge is 0.394 e. The molecule has 9 nitrogen and oxygen atoms in total. The van der Waals surface area contributed by atoms with Gasteiger partial charge in [0.1, 0.15) is 17.7 Å². The fourth-order valence-corrected chi connectivity index (χ4v) is 2.49. The van der Waals surface area contributed by atoms with Crippen LogP contribution in [0.4, 0.5) is 16.2 Å². The van der Waals surface area contributed by atoms with Gasteiger partial charge in [0.05, 0.1) is 12.9 Å². The van der Waals surface area contributed by atoms with Crippen molar-refractivity contribution in [3.63, 3.8) is 0 Å². The molecule has 0 bridgehead atoms. The number of nitrogen functional groups attached to an aromatic ring is 2. The highest BCUT2D eigenvalue weighted by molar-refractivity contribution is 5.82. The Morgan fingerprint density at radius 2 is 2.19 bits per heavy atom. The van der Waals surface area contributed by atoms with Crippen molar-refractivity contribution in [1.29, 1.82) is 0 Å². The number of aromatic nitrogens is 4. The van der Waals surface area contributed by atoms with E-state index in [-0.39, 0.29) is 22.9 Å². The van der Waals surface area contributed by atoms with Crippen molar-refractivity contribution < 1.29 is 19.3 Å². The van der Waals surface area contributed by atoms with Crippen molar-refractivity contribution >= 4 is 22.9 Å². The molecular weight excluding hydrogens is 283 g/mol. The lowest BCUT2D eigenvalue weighted by Gasteiger charge is -2.24. The Morgan fingerprint density at radius 1 is 1.48 bits per heavy atom. The summed E-state index contributed by atoms with van der Waals surface area (Å²) in [5.74, 6) is -0.0198. The molecule has 21 heavy (non-hydrogen) atoms. The molecule has 0 aliphatic carbocycles. The number of ether oxygens (including phenoxy) is 1. The number of hydrogen-bond donors (Lipinski definition) is 4. The molecule has 0 radical (unpaired) electrons. The molecule has 6 N–H and O–H groups in total. The van der Waals surface area contributed by atoms with Gasteiger partial charge < -0.3 is 26.4 Å². The van der Waals surface area contributed by atoms with Gasteiger partial charge in [0.25, 0.3) is 0 Å². The first-order valence-electron chi connectivity index (χ1n) is 6.25. The van der Waals surface area contributed by atoms with Crippen LogP contribution in [0.5, 0.6) is 0 Å². The molecule has 0 spiro atoms. The summed E-state index contributed by atoms with van der Waals surface area (Å²) in [6, 6.07) is 0. The maximum Gasteiger partial charge on any atom is 0.224 e. The number of aliphatic hydroxyl groups excluding tert-OH is 2. The molecule has 0 aromatic carbocycles. The third-order valence-electron chi connectivity index (χ3n) is 3.62. The number of hydrogen-bond acceptors (Lipinski definition) is 8. The summed E-state index contributed by atoms with van der Waals surface area (Å²) in [4.78, 5) is 11.8.